The van der Waals surface area contributed by atoms with E-state index in [-0.39, 0.29) is 11.3 Å². The SMILES string of the molecule is CCC1(C(=O)c2ccc(OC)cc2)CCCN1. The number of rotatable bonds is 4. The Morgan fingerprint density at radius 3 is 2.59 bits per heavy atom. The van der Waals surface area contributed by atoms with Crippen LogP contribution in [0, 0.1) is 0 Å². The Hall–Kier alpha value is -1.35. The minimum atomic E-state index is -0.339. The van der Waals surface area contributed by atoms with Crippen LogP contribution in [0.15, 0.2) is 24.3 Å². The van der Waals surface area contributed by atoms with E-state index >= 15 is 0 Å². The molecule has 1 N–H and O–H groups in total. The lowest BCUT2D eigenvalue weighted by Crippen LogP contribution is -2.46. The third-order valence-corrected chi connectivity index (χ3v) is 3.63. The van der Waals surface area contributed by atoms with Gasteiger partial charge in [0, 0.05) is 5.56 Å². The number of benzene rings is 1. The zero-order valence-corrected chi connectivity index (χ0v) is 10.5. The molecule has 0 spiro atoms. The molecule has 0 saturated carbocycles. The maximum Gasteiger partial charge on any atom is 0.182 e. The number of nitrogens with one attached hydrogen (secondary N) is 1. The molecule has 1 aromatic rings. The number of methoxy groups -OCH3 is 1. The molecule has 1 saturated heterocycles. The van der Waals surface area contributed by atoms with Crippen LogP contribution in [0.25, 0.3) is 0 Å². The molecule has 17 heavy (non-hydrogen) atoms. The fourth-order valence-electron chi connectivity index (χ4n) is 2.48. The van der Waals surface area contributed by atoms with Gasteiger partial charge in [0.05, 0.1) is 12.6 Å². The van der Waals surface area contributed by atoms with E-state index in [0.717, 1.165) is 37.1 Å². The highest BCUT2D eigenvalue weighted by Gasteiger charge is 2.39. The Kier molecular flexibility index (Phi) is 3.48. The summed E-state index contributed by atoms with van der Waals surface area (Å²) < 4.78 is 5.10. The fourth-order valence-corrected chi connectivity index (χ4v) is 2.48. The standard InChI is InChI=1S/C14H19NO2/c1-3-14(9-4-10-15-14)13(16)11-5-7-12(17-2)8-6-11/h5-8,15H,3-4,9-10H2,1-2H3. The van der Waals surface area contributed by atoms with Crippen LogP contribution >= 0.6 is 0 Å². The predicted molar refractivity (Wildman–Crippen MR) is 67.6 cm³/mol. The van der Waals surface area contributed by atoms with Gasteiger partial charge in [-0.25, -0.2) is 0 Å². The number of carbonyl (C=O) groups excluding carboxylic acids is 1. The van der Waals surface area contributed by atoms with Crippen LogP contribution in [0.1, 0.15) is 36.5 Å². The third-order valence-electron chi connectivity index (χ3n) is 3.63. The van der Waals surface area contributed by atoms with Crippen LogP contribution in [0.5, 0.6) is 5.75 Å². The minimum absolute atomic E-state index is 0.208. The van der Waals surface area contributed by atoms with Crippen molar-refractivity contribution < 1.29 is 9.53 Å². The van der Waals surface area contributed by atoms with E-state index in [1.54, 1.807) is 7.11 Å². The van der Waals surface area contributed by atoms with Crippen LogP contribution in [0.2, 0.25) is 0 Å². The molecule has 2 rings (SSSR count). The van der Waals surface area contributed by atoms with Gasteiger partial charge in [0.2, 0.25) is 0 Å². The summed E-state index contributed by atoms with van der Waals surface area (Å²) in [6.07, 6.45) is 2.86. The molecule has 0 amide bonds. The van der Waals surface area contributed by atoms with Gasteiger partial charge in [-0.1, -0.05) is 6.92 Å². The minimum Gasteiger partial charge on any atom is -0.497 e. The van der Waals surface area contributed by atoms with Gasteiger partial charge in [0.1, 0.15) is 5.75 Å². The van der Waals surface area contributed by atoms with Crippen LogP contribution in [-0.2, 0) is 0 Å². The predicted octanol–water partition coefficient (Wildman–Crippen LogP) is 2.41. The Morgan fingerprint density at radius 2 is 2.12 bits per heavy atom. The van der Waals surface area contributed by atoms with Gasteiger partial charge in [-0.3, -0.25) is 4.79 Å². The summed E-state index contributed by atoms with van der Waals surface area (Å²) in [7, 11) is 1.63. The van der Waals surface area contributed by atoms with Crippen molar-refractivity contribution in [2.75, 3.05) is 13.7 Å². The maximum absolute atomic E-state index is 12.5. The van der Waals surface area contributed by atoms with Gasteiger partial charge in [-0.05, 0) is 50.1 Å². The van der Waals surface area contributed by atoms with E-state index in [9.17, 15) is 4.79 Å². The topological polar surface area (TPSA) is 38.3 Å². The van der Waals surface area contributed by atoms with Crippen molar-refractivity contribution in [2.24, 2.45) is 0 Å². The molecule has 1 atom stereocenters. The van der Waals surface area contributed by atoms with Crippen LogP contribution in [0.4, 0.5) is 0 Å². The fraction of sp³-hybridized carbons (Fsp3) is 0.500. The van der Waals surface area contributed by atoms with Gasteiger partial charge in [0.25, 0.3) is 0 Å². The molecule has 0 aliphatic carbocycles. The molecule has 1 aliphatic rings. The van der Waals surface area contributed by atoms with Gasteiger partial charge in [0.15, 0.2) is 5.78 Å². The lowest BCUT2D eigenvalue weighted by molar-refractivity contribution is 0.0864. The average Bonchev–Trinajstić information content (AvgIpc) is 2.88. The van der Waals surface area contributed by atoms with Gasteiger partial charge >= 0.3 is 0 Å². The molecule has 0 bridgehead atoms. The first-order chi connectivity index (χ1) is 8.22. The quantitative estimate of drug-likeness (QED) is 0.812. The smallest absolute Gasteiger partial charge is 0.182 e. The van der Waals surface area contributed by atoms with Gasteiger partial charge in [-0.2, -0.15) is 0 Å². The molecule has 1 aromatic carbocycles. The summed E-state index contributed by atoms with van der Waals surface area (Å²) in [5, 5.41) is 3.37. The van der Waals surface area contributed by atoms with E-state index in [0.29, 0.717) is 0 Å². The number of hydrogen-bond donors (Lipinski definition) is 1. The number of hydrogen-bond acceptors (Lipinski definition) is 3. The Bertz CT molecular complexity index is 391. The van der Waals surface area contributed by atoms with Crippen molar-refractivity contribution in [2.45, 2.75) is 31.7 Å². The van der Waals surface area contributed by atoms with Crippen molar-refractivity contribution >= 4 is 5.78 Å². The molecular formula is C14H19NO2. The number of carbonyl (C=O) groups is 1. The van der Waals surface area contributed by atoms with Crippen LogP contribution in [0.3, 0.4) is 0 Å². The number of ketones is 1. The Morgan fingerprint density at radius 1 is 1.41 bits per heavy atom. The molecule has 1 unspecified atom stereocenters. The van der Waals surface area contributed by atoms with Crippen LogP contribution < -0.4 is 10.1 Å². The summed E-state index contributed by atoms with van der Waals surface area (Å²) in [6, 6.07) is 7.37. The summed E-state index contributed by atoms with van der Waals surface area (Å²) in [5.41, 5.74) is 0.427. The molecule has 0 radical (unpaired) electrons. The maximum atomic E-state index is 12.5. The molecule has 3 heteroatoms. The zero-order chi connectivity index (χ0) is 12.3. The van der Waals surface area contributed by atoms with Gasteiger partial charge in [-0.15, -0.1) is 0 Å². The van der Waals surface area contributed by atoms with E-state index in [1.165, 1.54) is 0 Å². The van der Waals surface area contributed by atoms with Crippen molar-refractivity contribution in [3.8, 4) is 5.75 Å². The highest BCUT2D eigenvalue weighted by molar-refractivity contribution is 6.03. The van der Waals surface area contributed by atoms with Crippen molar-refractivity contribution in [3.63, 3.8) is 0 Å². The molecular weight excluding hydrogens is 214 g/mol. The number of ether oxygens (including phenoxy) is 1. The Balaban J connectivity index is 2.23. The Labute approximate surface area is 102 Å². The average molecular weight is 233 g/mol. The largest absolute Gasteiger partial charge is 0.497 e. The molecule has 3 nitrogen and oxygen atoms in total. The van der Waals surface area contributed by atoms with E-state index in [4.69, 9.17) is 4.74 Å². The second kappa shape index (κ2) is 4.88. The van der Waals surface area contributed by atoms with Crippen molar-refractivity contribution in [3.05, 3.63) is 29.8 Å². The highest BCUT2D eigenvalue weighted by Crippen LogP contribution is 2.27. The lowest BCUT2D eigenvalue weighted by Gasteiger charge is -2.26. The van der Waals surface area contributed by atoms with Crippen molar-refractivity contribution in [1.29, 1.82) is 0 Å². The molecule has 1 heterocycles. The molecule has 0 aromatic heterocycles. The monoisotopic (exact) mass is 233 g/mol. The van der Waals surface area contributed by atoms with E-state index in [2.05, 4.69) is 12.2 Å². The second-order valence-corrected chi connectivity index (χ2v) is 4.52. The summed E-state index contributed by atoms with van der Waals surface area (Å²) in [4.78, 5) is 12.5. The van der Waals surface area contributed by atoms with Crippen LogP contribution in [-0.4, -0.2) is 25.0 Å². The highest BCUT2D eigenvalue weighted by atomic mass is 16.5. The summed E-state index contributed by atoms with van der Waals surface area (Å²) in [6.45, 7) is 3.01. The third kappa shape index (κ3) is 2.20. The second-order valence-electron chi connectivity index (χ2n) is 4.52. The number of Topliss-reactive ketones (excluding diaryl/α,β-unsaturated/α-hetero) is 1. The molecule has 92 valence electrons. The normalized spacial score (nSPS) is 23.6. The summed E-state index contributed by atoms with van der Waals surface area (Å²) in [5.74, 6) is 0.992. The first-order valence-electron chi connectivity index (χ1n) is 6.16. The van der Waals surface area contributed by atoms with Crippen molar-refractivity contribution in [1.82, 2.24) is 5.32 Å². The molecule has 1 fully saturated rings. The van der Waals surface area contributed by atoms with Gasteiger partial charge < -0.3 is 10.1 Å². The van der Waals surface area contributed by atoms with E-state index in [1.807, 2.05) is 24.3 Å². The molecule has 1 aliphatic heterocycles. The summed E-state index contributed by atoms with van der Waals surface area (Å²) >= 11 is 0. The first kappa shape index (κ1) is 12.1. The lowest BCUT2D eigenvalue weighted by atomic mass is 9.85. The van der Waals surface area contributed by atoms with E-state index < -0.39 is 0 Å². The zero-order valence-electron chi connectivity index (χ0n) is 10.5. The first-order valence-corrected chi connectivity index (χ1v) is 6.16.